The third-order valence-electron chi connectivity index (χ3n) is 1.85. The summed E-state index contributed by atoms with van der Waals surface area (Å²) in [6, 6.07) is 4.08. The van der Waals surface area contributed by atoms with E-state index in [0.29, 0.717) is 0 Å². The maximum atomic E-state index is 12.6. The number of hydrogen-bond donors (Lipinski definition) is 0. The lowest BCUT2D eigenvalue weighted by Crippen LogP contribution is -2.20. The minimum atomic E-state index is -4.38. The summed E-state index contributed by atoms with van der Waals surface area (Å²) in [6.45, 7) is 0. The second-order valence-electron chi connectivity index (χ2n) is 2.86. The van der Waals surface area contributed by atoms with Crippen molar-refractivity contribution in [2.24, 2.45) is 0 Å². The van der Waals surface area contributed by atoms with Crippen LogP contribution in [-0.2, 0) is 6.18 Å². The molecule has 0 aliphatic carbocycles. The van der Waals surface area contributed by atoms with Gasteiger partial charge in [-0.3, -0.25) is 0 Å². The molecule has 0 unspecified atom stereocenters. The molecule has 1 aromatic rings. The van der Waals surface area contributed by atoms with Crippen molar-refractivity contribution in [2.45, 2.75) is 6.18 Å². The largest absolute Gasteiger partial charge is 0.416 e. The molecule has 0 bridgehead atoms. The maximum absolute atomic E-state index is 12.6. The molecule has 1 aromatic carbocycles. The minimum Gasteiger partial charge on any atom is -0.312 e. The first kappa shape index (κ1) is 11.9. The van der Waals surface area contributed by atoms with E-state index in [0.717, 1.165) is 29.2 Å². The summed E-state index contributed by atoms with van der Waals surface area (Å²) in [6.07, 6.45) is -4.38. The van der Waals surface area contributed by atoms with Gasteiger partial charge in [0.25, 0.3) is 5.24 Å². The molecule has 0 saturated carbocycles. The molecule has 82 valence electrons. The summed E-state index contributed by atoms with van der Waals surface area (Å²) >= 11 is 4.24. The summed E-state index contributed by atoms with van der Waals surface area (Å²) in [5.41, 5.74) is -0.500. The van der Waals surface area contributed by atoms with Crippen molar-refractivity contribution in [3.05, 3.63) is 29.8 Å². The molecule has 0 aliphatic rings. The Morgan fingerprint density at radius 2 is 1.67 bits per heavy atom. The van der Waals surface area contributed by atoms with Crippen molar-refractivity contribution >= 4 is 23.1 Å². The Balaban J connectivity index is 2.95. The first-order chi connectivity index (χ1) is 6.82. The lowest BCUT2D eigenvalue weighted by Gasteiger charge is -2.15. The van der Waals surface area contributed by atoms with Crippen LogP contribution in [0, 0.1) is 0 Å². The van der Waals surface area contributed by atoms with E-state index in [9.17, 15) is 17.6 Å². The van der Waals surface area contributed by atoms with Gasteiger partial charge in [-0.25, -0.2) is 0 Å². The zero-order valence-electron chi connectivity index (χ0n) is 7.68. The van der Waals surface area contributed by atoms with E-state index in [1.54, 1.807) is 0 Å². The monoisotopic (exact) mass is 237 g/mol. The van der Waals surface area contributed by atoms with Crippen LogP contribution in [-0.4, -0.2) is 12.3 Å². The Bertz CT molecular complexity index is 357. The summed E-state index contributed by atoms with van der Waals surface area (Å²) in [7, 11) is 1.34. The molecule has 0 saturated heterocycles. The standard InChI is InChI=1S/C9H7F4NS/c1-14(8(10)15)7-4-2-6(3-5-7)9(11,12)13/h2-5H,1H3. The van der Waals surface area contributed by atoms with Gasteiger partial charge < -0.3 is 4.90 Å². The highest BCUT2D eigenvalue weighted by Gasteiger charge is 2.30. The zero-order chi connectivity index (χ0) is 11.6. The molecular formula is C9H7F4NS. The van der Waals surface area contributed by atoms with Crippen molar-refractivity contribution in [2.75, 3.05) is 11.9 Å². The highest BCUT2D eigenvalue weighted by molar-refractivity contribution is 7.80. The molecule has 0 heterocycles. The van der Waals surface area contributed by atoms with Crippen molar-refractivity contribution in [1.82, 2.24) is 0 Å². The minimum absolute atomic E-state index is 0.274. The van der Waals surface area contributed by atoms with E-state index in [1.807, 2.05) is 0 Å². The highest BCUT2D eigenvalue weighted by atomic mass is 32.1. The molecule has 1 rings (SSSR count). The number of anilines is 1. The van der Waals surface area contributed by atoms with Crippen LogP contribution in [0.15, 0.2) is 24.3 Å². The Morgan fingerprint density at radius 1 is 1.20 bits per heavy atom. The van der Waals surface area contributed by atoms with Crippen LogP contribution in [0.3, 0.4) is 0 Å². The average Bonchev–Trinajstić information content (AvgIpc) is 2.15. The van der Waals surface area contributed by atoms with E-state index in [2.05, 4.69) is 12.2 Å². The quantitative estimate of drug-likeness (QED) is 0.319. The van der Waals surface area contributed by atoms with E-state index >= 15 is 0 Å². The third-order valence-corrected chi connectivity index (χ3v) is 2.12. The predicted molar refractivity (Wildman–Crippen MR) is 53.6 cm³/mol. The van der Waals surface area contributed by atoms with Gasteiger partial charge in [-0.2, -0.15) is 17.6 Å². The number of rotatable bonds is 1. The average molecular weight is 237 g/mol. The van der Waals surface area contributed by atoms with Gasteiger partial charge in [0, 0.05) is 12.7 Å². The van der Waals surface area contributed by atoms with Crippen LogP contribution in [0.1, 0.15) is 5.56 Å². The van der Waals surface area contributed by atoms with E-state index in [1.165, 1.54) is 7.05 Å². The molecule has 0 N–H and O–H groups in total. The molecule has 0 spiro atoms. The van der Waals surface area contributed by atoms with Gasteiger partial charge in [0.05, 0.1) is 5.56 Å². The molecular weight excluding hydrogens is 230 g/mol. The Labute approximate surface area is 89.3 Å². The van der Waals surface area contributed by atoms with Gasteiger partial charge in [0.2, 0.25) is 0 Å². The maximum Gasteiger partial charge on any atom is 0.416 e. The van der Waals surface area contributed by atoms with Crippen LogP contribution < -0.4 is 4.90 Å². The summed E-state index contributed by atoms with van der Waals surface area (Å²) < 4.78 is 49.0. The van der Waals surface area contributed by atoms with E-state index in [-0.39, 0.29) is 5.69 Å². The number of nitrogens with zero attached hydrogens (tertiary/aromatic N) is 1. The Morgan fingerprint density at radius 3 is 2.00 bits per heavy atom. The predicted octanol–water partition coefficient (Wildman–Crippen LogP) is 3.40. The third kappa shape index (κ3) is 2.89. The topological polar surface area (TPSA) is 3.24 Å². The van der Waals surface area contributed by atoms with Gasteiger partial charge >= 0.3 is 6.18 Å². The van der Waals surface area contributed by atoms with Crippen molar-refractivity contribution in [3.8, 4) is 0 Å². The van der Waals surface area contributed by atoms with Gasteiger partial charge in [-0.1, -0.05) is 0 Å². The molecule has 0 aromatic heterocycles. The molecule has 6 heteroatoms. The van der Waals surface area contributed by atoms with Gasteiger partial charge in [-0.15, -0.1) is 0 Å². The highest BCUT2D eigenvalue weighted by Crippen LogP contribution is 2.30. The van der Waals surface area contributed by atoms with Crippen molar-refractivity contribution in [1.29, 1.82) is 0 Å². The Kier molecular flexibility index (Phi) is 3.28. The Hall–Kier alpha value is -1.17. The first-order valence-electron chi connectivity index (χ1n) is 3.93. The van der Waals surface area contributed by atoms with Crippen molar-refractivity contribution in [3.63, 3.8) is 0 Å². The summed E-state index contributed by atoms with van der Waals surface area (Å²) in [5.74, 6) is 0. The van der Waals surface area contributed by atoms with E-state index in [4.69, 9.17) is 0 Å². The van der Waals surface area contributed by atoms with Crippen LogP contribution in [0.25, 0.3) is 0 Å². The number of alkyl halides is 3. The molecule has 0 radical (unpaired) electrons. The second kappa shape index (κ2) is 4.14. The van der Waals surface area contributed by atoms with Crippen LogP contribution >= 0.6 is 12.2 Å². The smallest absolute Gasteiger partial charge is 0.312 e. The molecule has 0 aliphatic heterocycles. The molecule has 1 nitrogen and oxygen atoms in total. The molecule has 0 fully saturated rings. The number of hydrogen-bond acceptors (Lipinski definition) is 1. The number of halogens is 4. The second-order valence-corrected chi connectivity index (χ2v) is 3.19. The first-order valence-corrected chi connectivity index (χ1v) is 4.33. The lowest BCUT2D eigenvalue weighted by molar-refractivity contribution is -0.137. The number of thiocarbonyl (C=S) groups is 1. The van der Waals surface area contributed by atoms with Gasteiger partial charge in [0.15, 0.2) is 0 Å². The van der Waals surface area contributed by atoms with Gasteiger partial charge in [-0.05, 0) is 36.5 Å². The number of benzene rings is 1. The fraction of sp³-hybridized carbons (Fsp3) is 0.222. The molecule has 15 heavy (non-hydrogen) atoms. The van der Waals surface area contributed by atoms with Gasteiger partial charge in [0.1, 0.15) is 0 Å². The SMILES string of the molecule is CN(C(F)=S)c1ccc(C(F)(F)F)cc1. The fourth-order valence-electron chi connectivity index (χ4n) is 0.976. The lowest BCUT2D eigenvalue weighted by atomic mass is 10.2. The summed E-state index contributed by atoms with van der Waals surface area (Å²) in [4.78, 5) is 0.982. The fourth-order valence-corrected chi connectivity index (χ4v) is 1.08. The zero-order valence-corrected chi connectivity index (χ0v) is 8.49. The van der Waals surface area contributed by atoms with Crippen molar-refractivity contribution < 1.29 is 17.6 Å². The molecule has 0 amide bonds. The van der Waals surface area contributed by atoms with Crippen LogP contribution in [0.5, 0.6) is 0 Å². The van der Waals surface area contributed by atoms with Crippen LogP contribution in [0.2, 0.25) is 0 Å². The van der Waals surface area contributed by atoms with E-state index < -0.39 is 17.0 Å². The normalized spacial score (nSPS) is 11.3. The van der Waals surface area contributed by atoms with Crippen LogP contribution in [0.4, 0.5) is 23.2 Å². The summed E-state index contributed by atoms with van der Waals surface area (Å²) in [5, 5.41) is -0.894. The molecule has 0 atom stereocenters.